The van der Waals surface area contributed by atoms with Crippen LogP contribution in [-0.4, -0.2) is 50.9 Å². The first-order chi connectivity index (χ1) is 19.4. The summed E-state index contributed by atoms with van der Waals surface area (Å²) in [6, 6.07) is 16.7. The Morgan fingerprint density at radius 3 is 2.15 bits per heavy atom. The Balaban J connectivity index is 2.04. The molecule has 3 aromatic carbocycles. The minimum absolute atomic E-state index is 0.00580. The molecule has 2 amide bonds. The molecule has 2 atom stereocenters. The van der Waals surface area contributed by atoms with E-state index >= 15 is 0 Å². The van der Waals surface area contributed by atoms with Crippen LogP contribution in [0.2, 0.25) is 10.0 Å². The number of ether oxygens (including phenoxy) is 1. The Hall–Kier alpha value is -3.27. The number of aryl methyl sites for hydroxylation is 1. The molecule has 3 aromatic rings. The van der Waals surface area contributed by atoms with E-state index in [0.29, 0.717) is 27.8 Å². The van der Waals surface area contributed by atoms with E-state index in [-0.39, 0.29) is 29.1 Å². The predicted octanol–water partition coefficient (Wildman–Crippen LogP) is 5.84. The van der Waals surface area contributed by atoms with Crippen molar-refractivity contribution in [3.63, 3.8) is 0 Å². The largest absolute Gasteiger partial charge is 0.497 e. The van der Waals surface area contributed by atoms with E-state index in [9.17, 15) is 18.0 Å². The van der Waals surface area contributed by atoms with Crippen LogP contribution in [0.15, 0.2) is 71.6 Å². The van der Waals surface area contributed by atoms with Gasteiger partial charge in [0.15, 0.2) is 0 Å². The first kappa shape index (κ1) is 32.2. The Morgan fingerprint density at radius 1 is 0.951 bits per heavy atom. The lowest BCUT2D eigenvalue weighted by Crippen LogP contribution is -2.52. The van der Waals surface area contributed by atoms with Gasteiger partial charge in [-0.1, -0.05) is 53.9 Å². The molecule has 0 unspecified atom stereocenters. The third-order valence-corrected chi connectivity index (χ3v) is 9.28. The van der Waals surface area contributed by atoms with Gasteiger partial charge in [-0.2, -0.15) is 0 Å². The summed E-state index contributed by atoms with van der Waals surface area (Å²) in [5.41, 5.74) is 1.80. The van der Waals surface area contributed by atoms with E-state index in [0.717, 1.165) is 9.87 Å². The number of carbonyl (C=O) groups excluding carboxylic acids is 2. The molecule has 220 valence electrons. The summed E-state index contributed by atoms with van der Waals surface area (Å²) < 4.78 is 34.1. The van der Waals surface area contributed by atoms with Crippen molar-refractivity contribution in [2.75, 3.05) is 18.0 Å². The summed E-state index contributed by atoms with van der Waals surface area (Å²) in [5, 5.41) is 3.56. The van der Waals surface area contributed by atoms with Crippen molar-refractivity contribution in [2.24, 2.45) is 0 Å². The molecule has 0 aliphatic rings. The second kappa shape index (κ2) is 14.1. The molecule has 0 saturated carbocycles. The zero-order valence-electron chi connectivity index (χ0n) is 23.7. The number of sulfonamides is 1. The molecule has 11 heteroatoms. The number of halogens is 2. The third-order valence-electron chi connectivity index (χ3n) is 6.75. The third kappa shape index (κ3) is 8.15. The summed E-state index contributed by atoms with van der Waals surface area (Å²) in [6.07, 6.45) is 0.708. The summed E-state index contributed by atoms with van der Waals surface area (Å²) in [4.78, 5) is 28.5. The lowest BCUT2D eigenvalue weighted by atomic mass is 10.1. The van der Waals surface area contributed by atoms with E-state index in [4.69, 9.17) is 27.9 Å². The molecule has 0 aliphatic carbocycles. The molecular weight excluding hydrogens is 585 g/mol. The summed E-state index contributed by atoms with van der Waals surface area (Å²) >= 11 is 12.3. The van der Waals surface area contributed by atoms with Crippen molar-refractivity contribution in [1.29, 1.82) is 0 Å². The fourth-order valence-corrected chi connectivity index (χ4v) is 5.73. The van der Waals surface area contributed by atoms with Gasteiger partial charge in [-0.05, 0) is 81.3 Å². The maximum absolute atomic E-state index is 14.0. The SMILES string of the molecule is CC[C@H](C)NC(=O)[C@@H](C)N(Cc1ccc(Cl)c(Cl)c1)C(=O)CN(c1ccc(OC)cc1)S(=O)(=O)c1ccc(C)cc1. The average Bonchev–Trinajstić information content (AvgIpc) is 2.96. The second-order valence-electron chi connectivity index (χ2n) is 9.79. The molecule has 8 nitrogen and oxygen atoms in total. The number of nitrogens with zero attached hydrogens (tertiary/aromatic N) is 2. The monoisotopic (exact) mass is 619 g/mol. The van der Waals surface area contributed by atoms with Crippen molar-refractivity contribution in [2.45, 2.75) is 57.6 Å². The number of hydrogen-bond donors (Lipinski definition) is 1. The van der Waals surface area contributed by atoms with Crippen molar-refractivity contribution in [1.82, 2.24) is 10.2 Å². The Morgan fingerprint density at radius 2 is 1.59 bits per heavy atom. The normalized spacial score (nSPS) is 12.8. The fourth-order valence-electron chi connectivity index (χ4n) is 4.00. The highest BCUT2D eigenvalue weighted by Crippen LogP contribution is 2.28. The van der Waals surface area contributed by atoms with Gasteiger partial charge in [0.2, 0.25) is 11.8 Å². The Labute approximate surface area is 252 Å². The summed E-state index contributed by atoms with van der Waals surface area (Å²) in [7, 11) is -2.66. The maximum Gasteiger partial charge on any atom is 0.264 e. The van der Waals surface area contributed by atoms with Gasteiger partial charge in [0.05, 0.1) is 27.7 Å². The smallest absolute Gasteiger partial charge is 0.264 e. The number of carbonyl (C=O) groups is 2. The van der Waals surface area contributed by atoms with Crippen LogP contribution >= 0.6 is 23.2 Å². The quantitative estimate of drug-likeness (QED) is 0.275. The number of anilines is 1. The minimum atomic E-state index is -4.17. The number of benzene rings is 3. The van der Waals surface area contributed by atoms with Crippen LogP contribution in [0.4, 0.5) is 5.69 Å². The van der Waals surface area contributed by atoms with Crippen LogP contribution in [-0.2, 0) is 26.2 Å². The molecule has 41 heavy (non-hydrogen) atoms. The molecule has 0 aromatic heterocycles. The van der Waals surface area contributed by atoms with Crippen LogP contribution in [0.5, 0.6) is 5.75 Å². The number of nitrogens with one attached hydrogen (secondary N) is 1. The zero-order chi connectivity index (χ0) is 30.3. The number of methoxy groups -OCH3 is 1. The molecule has 0 fully saturated rings. The van der Waals surface area contributed by atoms with Gasteiger partial charge in [-0.3, -0.25) is 13.9 Å². The highest BCUT2D eigenvalue weighted by molar-refractivity contribution is 7.92. The van der Waals surface area contributed by atoms with E-state index in [1.165, 1.54) is 24.1 Å². The lowest BCUT2D eigenvalue weighted by molar-refractivity contribution is -0.139. The van der Waals surface area contributed by atoms with Crippen molar-refractivity contribution < 1.29 is 22.7 Å². The Bertz CT molecular complexity index is 1460. The minimum Gasteiger partial charge on any atom is -0.497 e. The first-order valence-corrected chi connectivity index (χ1v) is 15.3. The van der Waals surface area contributed by atoms with Gasteiger partial charge < -0.3 is 15.0 Å². The fraction of sp³-hybridized carbons (Fsp3) is 0.333. The molecule has 0 saturated heterocycles. The van der Waals surface area contributed by atoms with Crippen molar-refractivity contribution in [3.05, 3.63) is 87.9 Å². The van der Waals surface area contributed by atoms with Gasteiger partial charge in [0, 0.05) is 12.6 Å². The standard InChI is InChI=1S/C30H35Cl2N3O5S/c1-6-21(3)33-30(37)22(4)34(18-23-9-16-27(31)28(32)17-23)29(36)19-35(24-10-12-25(40-5)13-11-24)41(38,39)26-14-7-20(2)8-15-26/h7-17,21-22H,6,18-19H2,1-5H3,(H,33,37)/t21-,22+/m0/s1. The van der Waals surface area contributed by atoms with Crippen LogP contribution in [0.1, 0.15) is 38.3 Å². The number of amides is 2. The summed E-state index contributed by atoms with van der Waals surface area (Å²) in [6.45, 7) is 6.73. The van der Waals surface area contributed by atoms with Crippen molar-refractivity contribution in [3.8, 4) is 5.75 Å². The summed E-state index contributed by atoms with van der Waals surface area (Å²) in [5.74, 6) is -0.399. The Kier molecular flexibility index (Phi) is 11.1. The van der Waals surface area contributed by atoms with Gasteiger partial charge in [-0.15, -0.1) is 0 Å². The van der Waals surface area contributed by atoms with Crippen LogP contribution < -0.4 is 14.4 Å². The molecule has 0 heterocycles. The van der Waals surface area contributed by atoms with Gasteiger partial charge in [0.1, 0.15) is 18.3 Å². The molecular formula is C30H35Cl2N3O5S. The average molecular weight is 621 g/mol. The lowest BCUT2D eigenvalue weighted by Gasteiger charge is -2.32. The van der Waals surface area contributed by atoms with E-state index < -0.39 is 28.5 Å². The maximum atomic E-state index is 14.0. The predicted molar refractivity (Wildman–Crippen MR) is 163 cm³/mol. The van der Waals surface area contributed by atoms with Gasteiger partial charge in [0.25, 0.3) is 10.0 Å². The highest BCUT2D eigenvalue weighted by Gasteiger charge is 2.33. The second-order valence-corrected chi connectivity index (χ2v) is 12.5. The molecule has 3 rings (SSSR count). The van der Waals surface area contributed by atoms with Gasteiger partial charge >= 0.3 is 0 Å². The highest BCUT2D eigenvalue weighted by atomic mass is 35.5. The molecule has 0 bridgehead atoms. The number of rotatable bonds is 12. The molecule has 1 N–H and O–H groups in total. The molecule has 0 aliphatic heterocycles. The van der Waals surface area contributed by atoms with Crippen molar-refractivity contribution >= 4 is 50.7 Å². The van der Waals surface area contributed by atoms with E-state index in [1.54, 1.807) is 61.5 Å². The van der Waals surface area contributed by atoms with Crippen LogP contribution in [0, 0.1) is 6.92 Å². The first-order valence-electron chi connectivity index (χ1n) is 13.1. The number of hydrogen-bond acceptors (Lipinski definition) is 5. The topological polar surface area (TPSA) is 96.0 Å². The zero-order valence-corrected chi connectivity index (χ0v) is 26.1. The van der Waals surface area contributed by atoms with Crippen LogP contribution in [0.25, 0.3) is 0 Å². The van der Waals surface area contributed by atoms with Crippen LogP contribution in [0.3, 0.4) is 0 Å². The molecule has 0 spiro atoms. The van der Waals surface area contributed by atoms with E-state index in [2.05, 4.69) is 5.32 Å². The van der Waals surface area contributed by atoms with Gasteiger partial charge in [-0.25, -0.2) is 8.42 Å². The van der Waals surface area contributed by atoms with E-state index in [1.807, 2.05) is 20.8 Å². The molecule has 0 radical (unpaired) electrons.